The van der Waals surface area contributed by atoms with E-state index in [-0.39, 0.29) is 0 Å². The first-order valence-electron chi connectivity index (χ1n) is 6.53. The first-order valence-corrected chi connectivity index (χ1v) is 8.13. The Kier molecular flexibility index (Phi) is 3.80. The van der Waals surface area contributed by atoms with Gasteiger partial charge in [-0.25, -0.2) is 15.0 Å². The summed E-state index contributed by atoms with van der Waals surface area (Å²) in [6.07, 6.45) is 3.65. The first kappa shape index (κ1) is 14.9. The van der Waals surface area contributed by atoms with Gasteiger partial charge in [-0.05, 0) is 36.9 Å². The molecule has 0 unspecified atom stereocenters. The van der Waals surface area contributed by atoms with Crippen LogP contribution in [0.3, 0.4) is 0 Å². The van der Waals surface area contributed by atoms with Gasteiger partial charge in [0.25, 0.3) is 0 Å². The fraction of sp³-hybridized carbons (Fsp3) is 0.133. The minimum atomic E-state index is 0.369. The number of benzene rings is 1. The lowest BCUT2D eigenvalue weighted by Gasteiger charge is -2.13. The summed E-state index contributed by atoms with van der Waals surface area (Å²) < 4.78 is 0. The maximum Gasteiger partial charge on any atom is 0.189 e. The topological polar surface area (TPSA) is 90.7 Å². The SMILES string of the molecule is CSc1ncc2cc(-c3c(Cl)ccc(N)c3C)c(N)nc2n1. The van der Waals surface area contributed by atoms with E-state index in [1.807, 2.05) is 19.2 Å². The third kappa shape index (κ3) is 2.44. The van der Waals surface area contributed by atoms with Gasteiger partial charge in [-0.15, -0.1) is 0 Å². The Hall–Kier alpha value is -2.05. The molecule has 0 radical (unpaired) electrons. The van der Waals surface area contributed by atoms with Crippen molar-refractivity contribution in [1.82, 2.24) is 15.0 Å². The molecule has 1 aromatic carbocycles. The van der Waals surface area contributed by atoms with Crippen molar-refractivity contribution in [2.24, 2.45) is 0 Å². The Morgan fingerprint density at radius 3 is 2.68 bits per heavy atom. The van der Waals surface area contributed by atoms with Crippen LogP contribution in [0.2, 0.25) is 5.02 Å². The van der Waals surface area contributed by atoms with Gasteiger partial charge in [0.2, 0.25) is 0 Å². The Bertz CT molecular complexity index is 881. The van der Waals surface area contributed by atoms with E-state index in [1.54, 1.807) is 18.3 Å². The van der Waals surface area contributed by atoms with Crippen LogP contribution in [0, 0.1) is 6.92 Å². The summed E-state index contributed by atoms with van der Waals surface area (Å²) in [6.45, 7) is 1.91. The largest absolute Gasteiger partial charge is 0.398 e. The smallest absolute Gasteiger partial charge is 0.189 e. The lowest BCUT2D eigenvalue weighted by atomic mass is 9.99. The quantitative estimate of drug-likeness (QED) is 0.424. The zero-order valence-electron chi connectivity index (χ0n) is 12.1. The van der Waals surface area contributed by atoms with Crippen molar-refractivity contribution in [3.8, 4) is 11.1 Å². The summed E-state index contributed by atoms with van der Waals surface area (Å²) in [5, 5.41) is 2.05. The van der Waals surface area contributed by atoms with Gasteiger partial charge in [0.05, 0.1) is 0 Å². The van der Waals surface area contributed by atoms with E-state index < -0.39 is 0 Å². The standard InChI is InChI=1S/C15H14ClN5S/c1-7-11(17)4-3-10(16)12(7)9-5-8-6-19-15(22-2)21-14(8)20-13(9)18/h3-6H,17H2,1-2H3,(H2,18,19,20,21). The van der Waals surface area contributed by atoms with Gasteiger partial charge in [0.1, 0.15) is 5.82 Å². The molecule has 22 heavy (non-hydrogen) atoms. The number of aromatic nitrogens is 3. The summed E-state index contributed by atoms with van der Waals surface area (Å²) in [7, 11) is 0. The molecule has 0 saturated heterocycles. The van der Waals surface area contributed by atoms with Gasteiger partial charge in [0.15, 0.2) is 10.8 Å². The molecule has 0 aliphatic rings. The molecular weight excluding hydrogens is 318 g/mol. The van der Waals surface area contributed by atoms with E-state index in [0.29, 0.717) is 27.3 Å². The van der Waals surface area contributed by atoms with Crippen molar-refractivity contribution < 1.29 is 0 Å². The average Bonchev–Trinajstić information content (AvgIpc) is 2.51. The van der Waals surface area contributed by atoms with Crippen LogP contribution in [0.1, 0.15) is 5.56 Å². The zero-order valence-corrected chi connectivity index (χ0v) is 13.7. The monoisotopic (exact) mass is 331 g/mol. The van der Waals surface area contributed by atoms with E-state index >= 15 is 0 Å². The predicted molar refractivity (Wildman–Crippen MR) is 93.1 cm³/mol. The molecule has 112 valence electrons. The molecule has 2 heterocycles. The lowest BCUT2D eigenvalue weighted by molar-refractivity contribution is 0.993. The summed E-state index contributed by atoms with van der Waals surface area (Å²) in [5.41, 5.74) is 15.7. The minimum Gasteiger partial charge on any atom is -0.398 e. The van der Waals surface area contributed by atoms with Crippen LogP contribution in [-0.4, -0.2) is 21.2 Å². The first-order chi connectivity index (χ1) is 10.5. The molecule has 0 amide bonds. The zero-order chi connectivity index (χ0) is 15.9. The van der Waals surface area contributed by atoms with Crippen molar-refractivity contribution in [3.63, 3.8) is 0 Å². The van der Waals surface area contributed by atoms with E-state index in [0.717, 1.165) is 22.1 Å². The molecular formula is C15H14ClN5S. The van der Waals surface area contributed by atoms with Gasteiger partial charge in [-0.3, -0.25) is 0 Å². The van der Waals surface area contributed by atoms with Crippen molar-refractivity contribution in [2.45, 2.75) is 12.1 Å². The van der Waals surface area contributed by atoms with E-state index in [2.05, 4.69) is 15.0 Å². The molecule has 7 heteroatoms. The Labute approximate surface area is 137 Å². The molecule has 5 nitrogen and oxygen atoms in total. The van der Waals surface area contributed by atoms with Gasteiger partial charge in [-0.2, -0.15) is 0 Å². The fourth-order valence-corrected chi connectivity index (χ4v) is 2.93. The maximum atomic E-state index is 6.33. The number of nitrogens with zero attached hydrogens (tertiary/aromatic N) is 3. The summed E-state index contributed by atoms with van der Waals surface area (Å²) in [6, 6.07) is 5.44. The fourth-order valence-electron chi connectivity index (χ4n) is 2.29. The minimum absolute atomic E-state index is 0.369. The third-order valence-electron chi connectivity index (χ3n) is 3.48. The van der Waals surface area contributed by atoms with Crippen LogP contribution in [0.4, 0.5) is 11.5 Å². The van der Waals surface area contributed by atoms with E-state index in [4.69, 9.17) is 23.1 Å². The molecule has 2 aromatic heterocycles. The van der Waals surface area contributed by atoms with E-state index in [9.17, 15) is 0 Å². The number of pyridine rings is 1. The summed E-state index contributed by atoms with van der Waals surface area (Å²) >= 11 is 7.79. The van der Waals surface area contributed by atoms with Crippen LogP contribution >= 0.6 is 23.4 Å². The number of rotatable bonds is 2. The molecule has 0 spiro atoms. The molecule has 0 aliphatic heterocycles. The Balaban J connectivity index is 2.28. The molecule has 0 fully saturated rings. The van der Waals surface area contributed by atoms with Gasteiger partial charge >= 0.3 is 0 Å². The highest BCUT2D eigenvalue weighted by atomic mass is 35.5. The average molecular weight is 332 g/mol. The van der Waals surface area contributed by atoms with Crippen molar-refractivity contribution in [2.75, 3.05) is 17.7 Å². The van der Waals surface area contributed by atoms with Crippen LogP contribution in [0.5, 0.6) is 0 Å². The number of nitrogen functional groups attached to an aromatic ring is 2. The van der Waals surface area contributed by atoms with Gasteiger partial charge in [-0.1, -0.05) is 23.4 Å². The van der Waals surface area contributed by atoms with Crippen LogP contribution in [0.15, 0.2) is 29.6 Å². The second kappa shape index (κ2) is 5.62. The number of halogens is 1. The Morgan fingerprint density at radius 1 is 1.18 bits per heavy atom. The second-order valence-corrected chi connectivity index (χ2v) is 6.01. The summed E-state index contributed by atoms with van der Waals surface area (Å²) in [4.78, 5) is 13.0. The lowest BCUT2D eigenvalue weighted by Crippen LogP contribution is -2.00. The highest BCUT2D eigenvalue weighted by molar-refractivity contribution is 7.98. The van der Waals surface area contributed by atoms with Gasteiger partial charge in [0, 0.05) is 33.4 Å². The van der Waals surface area contributed by atoms with Gasteiger partial charge < -0.3 is 11.5 Å². The molecule has 0 bridgehead atoms. The number of hydrogen-bond donors (Lipinski definition) is 2. The van der Waals surface area contributed by atoms with Crippen molar-refractivity contribution >= 4 is 45.9 Å². The van der Waals surface area contributed by atoms with Crippen LogP contribution in [-0.2, 0) is 0 Å². The molecule has 0 aliphatic carbocycles. The highest BCUT2D eigenvalue weighted by Gasteiger charge is 2.15. The molecule has 3 rings (SSSR count). The summed E-state index contributed by atoms with van der Waals surface area (Å²) in [5.74, 6) is 0.369. The Morgan fingerprint density at radius 2 is 1.95 bits per heavy atom. The number of nitrogens with two attached hydrogens (primary N) is 2. The van der Waals surface area contributed by atoms with Crippen LogP contribution in [0.25, 0.3) is 22.2 Å². The predicted octanol–water partition coefficient (Wildman–Crippen LogP) is 3.54. The molecule has 3 aromatic rings. The van der Waals surface area contributed by atoms with Crippen LogP contribution < -0.4 is 11.5 Å². The second-order valence-electron chi connectivity index (χ2n) is 4.83. The maximum absolute atomic E-state index is 6.33. The highest BCUT2D eigenvalue weighted by Crippen LogP contribution is 2.37. The third-order valence-corrected chi connectivity index (χ3v) is 4.36. The molecule has 0 saturated carbocycles. The number of fused-ring (bicyclic) bond motifs is 1. The number of hydrogen-bond acceptors (Lipinski definition) is 6. The molecule has 4 N–H and O–H groups in total. The number of anilines is 2. The molecule has 0 atom stereocenters. The van der Waals surface area contributed by atoms with Crippen molar-refractivity contribution in [3.05, 3.63) is 35.0 Å². The van der Waals surface area contributed by atoms with Crippen molar-refractivity contribution in [1.29, 1.82) is 0 Å². The van der Waals surface area contributed by atoms with E-state index in [1.165, 1.54) is 11.8 Å². The normalized spacial score (nSPS) is 11.0. The number of thioether (sulfide) groups is 1.